The molecule has 0 spiro atoms. The number of benzene rings is 3. The lowest BCUT2D eigenvalue weighted by atomic mass is 10.1. The standard InChI is InChI=1S/C25H20N2O6S/c1-31-20-12-6-4-10-18(20)23(29)27-22(28)14-32-24(30)17-9-3-2-8-16(17)15-34-25-26-19-11-5-7-13-21(19)33-25/h2-13H,14-15H2,1H3,(H,27,28,29). The average Bonchev–Trinajstić information content (AvgIpc) is 3.29. The summed E-state index contributed by atoms with van der Waals surface area (Å²) in [5.74, 6) is -1.32. The smallest absolute Gasteiger partial charge is 0.338 e. The van der Waals surface area contributed by atoms with Crippen molar-refractivity contribution in [2.45, 2.75) is 11.0 Å². The Balaban J connectivity index is 1.35. The van der Waals surface area contributed by atoms with Crippen molar-refractivity contribution in [2.75, 3.05) is 13.7 Å². The van der Waals surface area contributed by atoms with Gasteiger partial charge in [-0.15, -0.1) is 0 Å². The molecule has 0 saturated carbocycles. The zero-order valence-corrected chi connectivity index (χ0v) is 19.0. The van der Waals surface area contributed by atoms with E-state index in [-0.39, 0.29) is 5.56 Å². The molecule has 0 fully saturated rings. The number of fused-ring (bicyclic) bond motifs is 1. The molecule has 3 aromatic carbocycles. The van der Waals surface area contributed by atoms with E-state index in [1.54, 1.807) is 42.5 Å². The summed E-state index contributed by atoms with van der Waals surface area (Å²) in [6.07, 6.45) is 0. The third kappa shape index (κ3) is 5.44. The highest BCUT2D eigenvalue weighted by molar-refractivity contribution is 7.98. The molecule has 0 aliphatic heterocycles. The highest BCUT2D eigenvalue weighted by Crippen LogP contribution is 2.27. The van der Waals surface area contributed by atoms with Crippen LogP contribution in [0.2, 0.25) is 0 Å². The van der Waals surface area contributed by atoms with Crippen molar-refractivity contribution in [3.63, 3.8) is 0 Å². The first kappa shape index (κ1) is 23.1. The molecule has 0 saturated heterocycles. The van der Waals surface area contributed by atoms with Gasteiger partial charge in [-0.05, 0) is 35.9 Å². The number of ether oxygens (including phenoxy) is 2. The van der Waals surface area contributed by atoms with E-state index >= 15 is 0 Å². The molecule has 0 bridgehead atoms. The van der Waals surface area contributed by atoms with Gasteiger partial charge in [0.15, 0.2) is 12.2 Å². The summed E-state index contributed by atoms with van der Waals surface area (Å²) in [7, 11) is 1.43. The first-order valence-corrected chi connectivity index (χ1v) is 11.2. The minimum Gasteiger partial charge on any atom is -0.496 e. The average molecular weight is 477 g/mol. The zero-order chi connectivity index (χ0) is 23.9. The number of imide groups is 1. The number of rotatable bonds is 8. The number of thioether (sulfide) groups is 1. The maximum atomic E-state index is 12.6. The Kier molecular flexibility index (Phi) is 7.24. The molecule has 0 aliphatic carbocycles. The van der Waals surface area contributed by atoms with E-state index < -0.39 is 24.4 Å². The van der Waals surface area contributed by atoms with Crippen LogP contribution in [0.4, 0.5) is 0 Å². The van der Waals surface area contributed by atoms with E-state index in [0.29, 0.717) is 33.4 Å². The number of amides is 2. The Labute approximate surface area is 199 Å². The van der Waals surface area contributed by atoms with Gasteiger partial charge < -0.3 is 13.9 Å². The number of carbonyl (C=O) groups excluding carboxylic acids is 3. The normalized spacial score (nSPS) is 10.6. The Hall–Kier alpha value is -4.11. The summed E-state index contributed by atoms with van der Waals surface area (Å²) in [4.78, 5) is 41.5. The lowest BCUT2D eigenvalue weighted by molar-refractivity contribution is -0.123. The van der Waals surface area contributed by atoms with Crippen LogP contribution in [0.1, 0.15) is 26.3 Å². The predicted octanol–water partition coefficient (Wildman–Crippen LogP) is 4.24. The third-order valence-electron chi connectivity index (χ3n) is 4.80. The summed E-state index contributed by atoms with van der Waals surface area (Å²) in [6.45, 7) is -0.605. The van der Waals surface area contributed by atoms with Crippen LogP contribution in [0.25, 0.3) is 11.1 Å². The highest BCUT2D eigenvalue weighted by atomic mass is 32.2. The van der Waals surface area contributed by atoms with E-state index in [0.717, 1.165) is 5.52 Å². The lowest BCUT2D eigenvalue weighted by Gasteiger charge is -2.10. The summed E-state index contributed by atoms with van der Waals surface area (Å²) in [5, 5.41) is 2.68. The molecule has 2 amide bonds. The largest absolute Gasteiger partial charge is 0.496 e. The molecular formula is C25H20N2O6S. The SMILES string of the molecule is COc1ccccc1C(=O)NC(=O)COC(=O)c1ccccc1CSc1nc2ccccc2o1. The molecule has 4 aromatic rings. The van der Waals surface area contributed by atoms with Gasteiger partial charge >= 0.3 is 5.97 Å². The van der Waals surface area contributed by atoms with Crippen LogP contribution in [0.15, 0.2) is 82.4 Å². The van der Waals surface area contributed by atoms with Gasteiger partial charge in [0.2, 0.25) is 0 Å². The minimum absolute atomic E-state index is 0.200. The lowest BCUT2D eigenvalue weighted by Crippen LogP contribution is -2.34. The summed E-state index contributed by atoms with van der Waals surface area (Å²) in [5.41, 5.74) is 2.66. The molecule has 0 radical (unpaired) electrons. The van der Waals surface area contributed by atoms with Crippen molar-refractivity contribution >= 4 is 40.6 Å². The summed E-state index contributed by atoms with van der Waals surface area (Å²) < 4.78 is 16.0. The van der Waals surface area contributed by atoms with Crippen LogP contribution in [0, 0.1) is 0 Å². The number of oxazole rings is 1. The second-order valence-electron chi connectivity index (χ2n) is 7.05. The number of para-hydroxylation sites is 3. The maximum Gasteiger partial charge on any atom is 0.338 e. The first-order chi connectivity index (χ1) is 16.5. The number of hydrogen-bond donors (Lipinski definition) is 1. The van der Waals surface area contributed by atoms with Crippen molar-refractivity contribution in [2.24, 2.45) is 0 Å². The Bertz CT molecular complexity index is 1320. The highest BCUT2D eigenvalue weighted by Gasteiger charge is 2.18. The van der Waals surface area contributed by atoms with Gasteiger partial charge in [-0.2, -0.15) is 0 Å². The van der Waals surface area contributed by atoms with Crippen LogP contribution in [-0.2, 0) is 15.3 Å². The first-order valence-electron chi connectivity index (χ1n) is 10.3. The number of carbonyl (C=O) groups is 3. The maximum absolute atomic E-state index is 12.6. The Morgan fingerprint density at radius 2 is 1.65 bits per heavy atom. The van der Waals surface area contributed by atoms with E-state index in [1.165, 1.54) is 24.9 Å². The van der Waals surface area contributed by atoms with Crippen molar-refractivity contribution in [3.8, 4) is 5.75 Å². The molecule has 9 heteroatoms. The predicted molar refractivity (Wildman–Crippen MR) is 126 cm³/mol. The van der Waals surface area contributed by atoms with Gasteiger partial charge in [-0.1, -0.05) is 54.2 Å². The van der Waals surface area contributed by atoms with Gasteiger partial charge in [0.25, 0.3) is 17.0 Å². The Morgan fingerprint density at radius 1 is 0.941 bits per heavy atom. The topological polar surface area (TPSA) is 108 Å². The molecule has 8 nitrogen and oxygen atoms in total. The second-order valence-corrected chi connectivity index (χ2v) is 7.97. The van der Waals surface area contributed by atoms with Crippen molar-refractivity contribution in [1.29, 1.82) is 0 Å². The van der Waals surface area contributed by atoms with Crippen LogP contribution < -0.4 is 10.1 Å². The molecular weight excluding hydrogens is 456 g/mol. The van der Waals surface area contributed by atoms with Crippen molar-refractivity contribution in [1.82, 2.24) is 10.3 Å². The number of aromatic nitrogens is 1. The second kappa shape index (κ2) is 10.7. The molecule has 1 heterocycles. The monoisotopic (exact) mass is 476 g/mol. The van der Waals surface area contributed by atoms with Gasteiger partial charge in [0.1, 0.15) is 11.3 Å². The van der Waals surface area contributed by atoms with Crippen molar-refractivity contribution in [3.05, 3.63) is 89.5 Å². The van der Waals surface area contributed by atoms with Gasteiger partial charge in [0, 0.05) is 5.75 Å². The van der Waals surface area contributed by atoms with Crippen molar-refractivity contribution < 1.29 is 28.3 Å². The molecule has 1 aromatic heterocycles. The van der Waals surface area contributed by atoms with E-state index in [4.69, 9.17) is 13.9 Å². The minimum atomic E-state index is -0.748. The molecule has 0 atom stereocenters. The number of nitrogens with zero attached hydrogens (tertiary/aromatic N) is 1. The summed E-state index contributed by atoms with van der Waals surface area (Å²) >= 11 is 1.34. The fourth-order valence-electron chi connectivity index (χ4n) is 3.17. The molecule has 34 heavy (non-hydrogen) atoms. The molecule has 0 aliphatic rings. The van der Waals surface area contributed by atoms with Gasteiger partial charge in [-0.25, -0.2) is 9.78 Å². The number of hydrogen-bond acceptors (Lipinski definition) is 8. The van der Waals surface area contributed by atoms with Crippen LogP contribution >= 0.6 is 11.8 Å². The fourth-order valence-corrected chi connectivity index (χ4v) is 4.01. The summed E-state index contributed by atoms with van der Waals surface area (Å²) in [6, 6.07) is 20.8. The zero-order valence-electron chi connectivity index (χ0n) is 18.1. The number of esters is 1. The van der Waals surface area contributed by atoms with Crippen LogP contribution in [0.5, 0.6) is 5.75 Å². The van der Waals surface area contributed by atoms with E-state index in [2.05, 4.69) is 10.3 Å². The fraction of sp³-hybridized carbons (Fsp3) is 0.120. The quantitative estimate of drug-likeness (QED) is 0.297. The molecule has 4 rings (SSSR count). The van der Waals surface area contributed by atoms with E-state index in [9.17, 15) is 14.4 Å². The molecule has 172 valence electrons. The number of nitrogens with one attached hydrogen (secondary N) is 1. The van der Waals surface area contributed by atoms with Gasteiger partial charge in [-0.3, -0.25) is 14.9 Å². The Morgan fingerprint density at radius 3 is 2.44 bits per heavy atom. The van der Waals surface area contributed by atoms with Crippen LogP contribution in [0.3, 0.4) is 0 Å². The third-order valence-corrected chi connectivity index (χ3v) is 5.68. The molecule has 1 N–H and O–H groups in total. The van der Waals surface area contributed by atoms with Crippen LogP contribution in [-0.4, -0.2) is 36.5 Å². The number of methoxy groups -OCH3 is 1. The van der Waals surface area contributed by atoms with Gasteiger partial charge in [0.05, 0.1) is 18.2 Å². The van der Waals surface area contributed by atoms with E-state index in [1.807, 2.05) is 24.3 Å². The molecule has 0 unspecified atom stereocenters.